The zero-order chi connectivity index (χ0) is 14.3. The van der Waals surface area contributed by atoms with Gasteiger partial charge in [0, 0.05) is 28.6 Å². The third-order valence-corrected chi connectivity index (χ3v) is 5.14. The molecule has 1 aliphatic rings. The van der Waals surface area contributed by atoms with Crippen LogP contribution in [0.3, 0.4) is 0 Å². The van der Waals surface area contributed by atoms with E-state index in [1.54, 1.807) is 11.3 Å². The van der Waals surface area contributed by atoms with E-state index in [1.165, 1.54) is 5.56 Å². The smallest absolute Gasteiger partial charge is 0.105 e. The molecular weight excluding hydrogens is 268 g/mol. The molecule has 20 heavy (non-hydrogen) atoms. The van der Waals surface area contributed by atoms with Gasteiger partial charge in [-0.1, -0.05) is 26.8 Å². The molecule has 0 spiro atoms. The van der Waals surface area contributed by atoms with Gasteiger partial charge in [-0.05, 0) is 24.5 Å². The van der Waals surface area contributed by atoms with Gasteiger partial charge in [-0.15, -0.1) is 11.3 Å². The Morgan fingerprint density at radius 3 is 2.90 bits per heavy atom. The Morgan fingerprint density at radius 2 is 2.20 bits per heavy atom. The van der Waals surface area contributed by atoms with Crippen molar-refractivity contribution in [3.8, 4) is 0 Å². The van der Waals surface area contributed by atoms with Gasteiger partial charge < -0.3 is 5.11 Å². The van der Waals surface area contributed by atoms with E-state index in [4.69, 9.17) is 0 Å². The summed E-state index contributed by atoms with van der Waals surface area (Å²) in [7, 11) is 0. The summed E-state index contributed by atoms with van der Waals surface area (Å²) in [6.45, 7) is 6.44. The first-order chi connectivity index (χ1) is 9.47. The zero-order valence-corrected chi connectivity index (χ0v) is 12.9. The second kappa shape index (κ2) is 4.93. The predicted molar refractivity (Wildman–Crippen MR) is 81.1 cm³/mol. The van der Waals surface area contributed by atoms with E-state index < -0.39 is 6.10 Å². The Balaban J connectivity index is 1.87. The first kappa shape index (κ1) is 13.7. The van der Waals surface area contributed by atoms with Gasteiger partial charge in [0.25, 0.3) is 0 Å². The summed E-state index contributed by atoms with van der Waals surface area (Å²) < 4.78 is 0. The molecular formula is C16H20N2OS. The minimum absolute atomic E-state index is 0.0362. The largest absolute Gasteiger partial charge is 0.386 e. The maximum Gasteiger partial charge on any atom is 0.105 e. The van der Waals surface area contributed by atoms with Crippen LogP contribution in [-0.4, -0.2) is 15.1 Å². The monoisotopic (exact) mass is 288 g/mol. The molecule has 0 aromatic carbocycles. The van der Waals surface area contributed by atoms with E-state index in [2.05, 4.69) is 36.8 Å². The predicted octanol–water partition coefficient (Wildman–Crippen LogP) is 3.60. The molecule has 3 nitrogen and oxygen atoms in total. The quantitative estimate of drug-likeness (QED) is 0.918. The van der Waals surface area contributed by atoms with E-state index in [9.17, 15) is 5.11 Å². The Bertz CT molecular complexity index is 615. The van der Waals surface area contributed by atoms with Crippen LogP contribution in [0, 0.1) is 0 Å². The molecule has 2 unspecified atom stereocenters. The molecule has 0 fully saturated rings. The summed E-state index contributed by atoms with van der Waals surface area (Å²) in [6.07, 6.45) is 3.22. The first-order valence-electron chi connectivity index (χ1n) is 7.04. The van der Waals surface area contributed by atoms with Crippen molar-refractivity contribution in [3.05, 3.63) is 45.7 Å². The number of nitrogens with zero attached hydrogens (tertiary/aromatic N) is 2. The third kappa shape index (κ3) is 2.38. The number of hydrogen-bond donors (Lipinski definition) is 1. The molecule has 106 valence electrons. The lowest BCUT2D eigenvalue weighted by atomic mass is 9.96. The van der Waals surface area contributed by atoms with Crippen molar-refractivity contribution in [2.45, 2.75) is 51.0 Å². The van der Waals surface area contributed by atoms with Gasteiger partial charge in [-0.2, -0.15) is 0 Å². The van der Waals surface area contributed by atoms with Gasteiger partial charge in [-0.25, -0.2) is 4.98 Å². The van der Waals surface area contributed by atoms with Crippen LogP contribution >= 0.6 is 11.3 Å². The first-order valence-corrected chi connectivity index (χ1v) is 7.92. The summed E-state index contributed by atoms with van der Waals surface area (Å²) in [5.41, 5.74) is 3.14. The Labute approximate surface area is 123 Å². The van der Waals surface area contributed by atoms with E-state index in [0.717, 1.165) is 29.2 Å². The Kier molecular flexibility index (Phi) is 3.38. The summed E-state index contributed by atoms with van der Waals surface area (Å²) in [5, 5.41) is 13.7. The van der Waals surface area contributed by atoms with E-state index >= 15 is 0 Å². The lowest BCUT2D eigenvalue weighted by Crippen LogP contribution is -2.13. The van der Waals surface area contributed by atoms with Crippen LogP contribution in [0.5, 0.6) is 0 Å². The van der Waals surface area contributed by atoms with Gasteiger partial charge in [0.05, 0.1) is 10.7 Å². The molecule has 0 radical (unpaired) electrons. The molecule has 0 bridgehead atoms. The second-order valence-corrected chi connectivity index (χ2v) is 7.32. The van der Waals surface area contributed by atoms with E-state index in [0.29, 0.717) is 0 Å². The van der Waals surface area contributed by atoms with Crippen LogP contribution in [0.2, 0.25) is 0 Å². The number of pyridine rings is 1. The number of aryl methyl sites for hydroxylation is 1. The number of fused-ring (bicyclic) bond motifs is 1. The molecule has 0 saturated heterocycles. The standard InChI is InChI=1S/C16H20N2OS/c1-16(2,3)15-18-12(9-20-15)14(19)11-7-6-10-5-4-8-17-13(10)11/h4-5,8-9,11,14,19H,6-7H2,1-3H3. The molecule has 2 aromatic rings. The summed E-state index contributed by atoms with van der Waals surface area (Å²) in [5.74, 6) is 0.0844. The molecule has 0 amide bonds. The van der Waals surface area contributed by atoms with E-state index in [1.807, 2.05) is 17.6 Å². The molecule has 0 saturated carbocycles. The van der Waals surface area contributed by atoms with Crippen LogP contribution in [0.15, 0.2) is 23.7 Å². The van der Waals surface area contributed by atoms with Crippen molar-refractivity contribution in [1.29, 1.82) is 0 Å². The Hall–Kier alpha value is -1.26. The van der Waals surface area contributed by atoms with Gasteiger partial charge in [0.1, 0.15) is 6.10 Å². The van der Waals surface area contributed by atoms with Crippen molar-refractivity contribution in [2.24, 2.45) is 0 Å². The average Bonchev–Trinajstić information content (AvgIpc) is 3.04. The number of rotatable bonds is 2. The molecule has 1 N–H and O–H groups in total. The van der Waals surface area contributed by atoms with Gasteiger partial charge >= 0.3 is 0 Å². The minimum Gasteiger partial charge on any atom is -0.386 e. The highest BCUT2D eigenvalue weighted by Gasteiger charge is 2.32. The van der Waals surface area contributed by atoms with Crippen LogP contribution in [0.1, 0.15) is 61.2 Å². The molecule has 3 rings (SSSR count). The highest BCUT2D eigenvalue weighted by molar-refractivity contribution is 7.09. The molecule has 2 aromatic heterocycles. The summed E-state index contributed by atoms with van der Waals surface area (Å²) >= 11 is 1.63. The SMILES string of the molecule is CC(C)(C)c1nc(C(O)C2CCc3cccnc32)cs1. The van der Waals surface area contributed by atoms with Gasteiger partial charge in [0.15, 0.2) is 0 Å². The fraction of sp³-hybridized carbons (Fsp3) is 0.500. The van der Waals surface area contributed by atoms with Crippen molar-refractivity contribution in [3.63, 3.8) is 0 Å². The lowest BCUT2D eigenvalue weighted by Gasteiger charge is -2.17. The average molecular weight is 288 g/mol. The summed E-state index contributed by atoms with van der Waals surface area (Å²) in [6, 6.07) is 4.07. The number of aliphatic hydroxyl groups excluding tert-OH is 1. The molecule has 2 atom stereocenters. The number of aliphatic hydroxyl groups is 1. The van der Waals surface area contributed by atoms with Crippen molar-refractivity contribution < 1.29 is 5.11 Å². The highest BCUT2D eigenvalue weighted by Crippen LogP contribution is 2.41. The fourth-order valence-electron chi connectivity index (χ4n) is 2.72. The minimum atomic E-state index is -0.543. The molecule has 0 aliphatic heterocycles. The maximum atomic E-state index is 10.7. The summed E-state index contributed by atoms with van der Waals surface area (Å²) in [4.78, 5) is 9.10. The van der Waals surface area contributed by atoms with Crippen LogP contribution in [-0.2, 0) is 11.8 Å². The van der Waals surface area contributed by atoms with Crippen molar-refractivity contribution in [1.82, 2.24) is 9.97 Å². The second-order valence-electron chi connectivity index (χ2n) is 6.47. The van der Waals surface area contributed by atoms with Crippen molar-refractivity contribution in [2.75, 3.05) is 0 Å². The molecule has 4 heteroatoms. The van der Waals surface area contributed by atoms with Gasteiger partial charge in [0.2, 0.25) is 0 Å². The topological polar surface area (TPSA) is 46.0 Å². The molecule has 2 heterocycles. The number of hydrogen-bond acceptors (Lipinski definition) is 4. The van der Waals surface area contributed by atoms with Crippen LogP contribution in [0.25, 0.3) is 0 Å². The van der Waals surface area contributed by atoms with Crippen molar-refractivity contribution >= 4 is 11.3 Å². The van der Waals surface area contributed by atoms with Gasteiger partial charge in [-0.3, -0.25) is 4.98 Å². The number of aromatic nitrogens is 2. The molecule has 1 aliphatic carbocycles. The zero-order valence-electron chi connectivity index (χ0n) is 12.1. The van der Waals surface area contributed by atoms with Crippen LogP contribution < -0.4 is 0 Å². The highest BCUT2D eigenvalue weighted by atomic mass is 32.1. The fourth-order valence-corrected chi connectivity index (χ4v) is 3.66. The normalized spacial score (nSPS) is 19.9. The third-order valence-electron chi connectivity index (χ3n) is 3.85. The number of thiazole rings is 1. The maximum absolute atomic E-state index is 10.7. The van der Waals surface area contributed by atoms with Crippen LogP contribution in [0.4, 0.5) is 0 Å². The lowest BCUT2D eigenvalue weighted by molar-refractivity contribution is 0.139. The Morgan fingerprint density at radius 1 is 1.40 bits per heavy atom. The van der Waals surface area contributed by atoms with E-state index in [-0.39, 0.29) is 11.3 Å².